The number of phenols is 2. The van der Waals surface area contributed by atoms with E-state index in [9.17, 15) is 25.1 Å². The monoisotopic (exact) mass is 459 g/mol. The highest BCUT2D eigenvalue weighted by molar-refractivity contribution is 9.10. The SMILES string of the molecule is O=C(N/N=C/c1ccc(O)cc1O)c1nn(Cc2ccc(Br)cc2)cc1[N+](=O)[O-]. The number of nitrogens with zero attached hydrogens (tertiary/aromatic N) is 4. The molecule has 0 atom stereocenters. The quantitative estimate of drug-likeness (QED) is 0.293. The van der Waals surface area contributed by atoms with Gasteiger partial charge in [-0.2, -0.15) is 10.2 Å². The van der Waals surface area contributed by atoms with E-state index in [1.807, 2.05) is 24.3 Å². The van der Waals surface area contributed by atoms with E-state index in [4.69, 9.17) is 0 Å². The van der Waals surface area contributed by atoms with Crippen LogP contribution >= 0.6 is 15.9 Å². The first-order valence-electron chi connectivity index (χ1n) is 8.15. The van der Waals surface area contributed by atoms with Gasteiger partial charge in [-0.15, -0.1) is 0 Å². The van der Waals surface area contributed by atoms with Crippen molar-refractivity contribution in [1.29, 1.82) is 0 Å². The summed E-state index contributed by atoms with van der Waals surface area (Å²) in [5.74, 6) is -1.25. The molecule has 0 aliphatic carbocycles. The van der Waals surface area contributed by atoms with Crippen molar-refractivity contribution < 1.29 is 19.9 Å². The summed E-state index contributed by atoms with van der Waals surface area (Å²) in [6.45, 7) is 0.242. The summed E-state index contributed by atoms with van der Waals surface area (Å²) in [7, 11) is 0. The molecule has 1 aromatic heterocycles. The number of phenolic OH excluding ortho intramolecular Hbond substituents is 2. The van der Waals surface area contributed by atoms with E-state index < -0.39 is 16.5 Å². The van der Waals surface area contributed by atoms with Crippen molar-refractivity contribution >= 4 is 33.7 Å². The number of hydrogen-bond donors (Lipinski definition) is 3. The topological polar surface area (TPSA) is 143 Å². The first-order chi connectivity index (χ1) is 13.8. The summed E-state index contributed by atoms with van der Waals surface area (Å²) >= 11 is 3.33. The minimum Gasteiger partial charge on any atom is -0.508 e. The molecule has 0 aliphatic rings. The number of nitrogens with one attached hydrogen (secondary N) is 1. The third-order valence-electron chi connectivity index (χ3n) is 3.80. The maximum atomic E-state index is 12.3. The van der Waals surface area contributed by atoms with Crippen LogP contribution in [-0.4, -0.2) is 37.0 Å². The smallest absolute Gasteiger partial charge is 0.320 e. The van der Waals surface area contributed by atoms with Gasteiger partial charge in [-0.05, 0) is 29.8 Å². The Morgan fingerprint density at radius 2 is 2.00 bits per heavy atom. The summed E-state index contributed by atoms with van der Waals surface area (Å²) in [6, 6.07) is 11.1. The molecule has 148 valence electrons. The second-order valence-electron chi connectivity index (χ2n) is 5.89. The summed E-state index contributed by atoms with van der Waals surface area (Å²) in [5, 5.41) is 37.9. The van der Waals surface area contributed by atoms with E-state index in [-0.39, 0.29) is 29.3 Å². The van der Waals surface area contributed by atoms with E-state index >= 15 is 0 Å². The molecule has 0 unspecified atom stereocenters. The van der Waals surface area contributed by atoms with Crippen LogP contribution in [0, 0.1) is 10.1 Å². The minimum atomic E-state index is -0.874. The van der Waals surface area contributed by atoms with Gasteiger partial charge < -0.3 is 10.2 Å². The third kappa shape index (κ3) is 4.96. The van der Waals surface area contributed by atoms with Gasteiger partial charge in [0.05, 0.1) is 17.7 Å². The van der Waals surface area contributed by atoms with E-state index in [2.05, 4.69) is 31.6 Å². The molecule has 3 rings (SSSR count). The average molecular weight is 460 g/mol. The Balaban J connectivity index is 1.76. The van der Waals surface area contributed by atoms with Gasteiger partial charge in [-0.25, -0.2) is 5.43 Å². The van der Waals surface area contributed by atoms with Crippen molar-refractivity contribution in [2.24, 2.45) is 5.10 Å². The molecule has 3 N–H and O–H groups in total. The number of carbonyl (C=O) groups is 1. The highest BCUT2D eigenvalue weighted by Gasteiger charge is 2.25. The van der Waals surface area contributed by atoms with Crippen LogP contribution in [0.2, 0.25) is 0 Å². The fourth-order valence-electron chi connectivity index (χ4n) is 2.42. The first kappa shape index (κ1) is 20.0. The number of benzene rings is 2. The van der Waals surface area contributed by atoms with E-state index in [0.29, 0.717) is 0 Å². The van der Waals surface area contributed by atoms with Gasteiger partial charge in [0.15, 0.2) is 0 Å². The molecule has 0 spiro atoms. The maximum Gasteiger partial charge on any atom is 0.320 e. The normalized spacial score (nSPS) is 10.9. The molecule has 11 heteroatoms. The highest BCUT2D eigenvalue weighted by Crippen LogP contribution is 2.21. The van der Waals surface area contributed by atoms with Crippen LogP contribution in [0.3, 0.4) is 0 Å². The third-order valence-corrected chi connectivity index (χ3v) is 4.32. The number of carbonyl (C=O) groups excluding carboxylic acids is 1. The van der Waals surface area contributed by atoms with Crippen LogP contribution in [0.1, 0.15) is 21.6 Å². The number of rotatable bonds is 6. The predicted molar refractivity (Wildman–Crippen MR) is 107 cm³/mol. The number of aromatic hydroxyl groups is 2. The molecule has 29 heavy (non-hydrogen) atoms. The van der Waals surface area contributed by atoms with Crippen LogP contribution in [0.15, 0.2) is 58.2 Å². The van der Waals surface area contributed by atoms with E-state index in [1.165, 1.54) is 23.0 Å². The van der Waals surface area contributed by atoms with Crippen LogP contribution in [0.25, 0.3) is 0 Å². The van der Waals surface area contributed by atoms with Crippen LogP contribution in [0.5, 0.6) is 11.5 Å². The molecule has 1 heterocycles. The lowest BCUT2D eigenvalue weighted by molar-refractivity contribution is -0.385. The molecule has 3 aromatic rings. The molecular weight excluding hydrogens is 446 g/mol. The molecule has 1 amide bonds. The van der Waals surface area contributed by atoms with Gasteiger partial charge in [-0.1, -0.05) is 28.1 Å². The van der Waals surface area contributed by atoms with Gasteiger partial charge in [0.1, 0.15) is 17.7 Å². The lowest BCUT2D eigenvalue weighted by Gasteiger charge is -2.01. The van der Waals surface area contributed by atoms with Crippen LogP contribution in [0.4, 0.5) is 5.69 Å². The number of hydrogen-bond acceptors (Lipinski definition) is 7. The molecule has 0 aliphatic heterocycles. The fourth-order valence-corrected chi connectivity index (χ4v) is 2.68. The van der Waals surface area contributed by atoms with Crippen LogP contribution in [-0.2, 0) is 6.54 Å². The standard InChI is InChI=1S/C18H14BrN5O5/c19-13-4-1-11(2-5-13)9-23-10-15(24(28)29)17(22-23)18(27)21-20-8-12-3-6-14(25)7-16(12)26/h1-8,10,25-26H,9H2,(H,21,27)/b20-8+. The van der Waals surface area contributed by atoms with Crippen molar-refractivity contribution in [1.82, 2.24) is 15.2 Å². The molecule has 0 saturated heterocycles. The number of aromatic nitrogens is 2. The van der Waals surface area contributed by atoms with E-state index in [1.54, 1.807) is 0 Å². The Bertz CT molecular complexity index is 1090. The highest BCUT2D eigenvalue weighted by atomic mass is 79.9. The average Bonchev–Trinajstić information content (AvgIpc) is 3.09. The number of amides is 1. The second kappa shape index (κ2) is 8.52. The zero-order valence-corrected chi connectivity index (χ0v) is 16.3. The maximum absolute atomic E-state index is 12.3. The zero-order chi connectivity index (χ0) is 21.0. The predicted octanol–water partition coefficient (Wildman–Crippen LogP) is 2.78. The lowest BCUT2D eigenvalue weighted by Crippen LogP contribution is -2.19. The van der Waals surface area contributed by atoms with Gasteiger partial charge in [0.25, 0.3) is 5.91 Å². The Morgan fingerprint density at radius 1 is 1.28 bits per heavy atom. The Hall–Kier alpha value is -3.73. The fraction of sp³-hybridized carbons (Fsp3) is 0.0556. The molecule has 0 bridgehead atoms. The van der Waals surface area contributed by atoms with E-state index in [0.717, 1.165) is 22.3 Å². The van der Waals surface area contributed by atoms with Crippen molar-refractivity contribution in [2.75, 3.05) is 0 Å². The summed E-state index contributed by atoms with van der Waals surface area (Å²) < 4.78 is 2.19. The van der Waals surface area contributed by atoms with Gasteiger partial charge in [0, 0.05) is 16.1 Å². The van der Waals surface area contributed by atoms with Crippen molar-refractivity contribution in [2.45, 2.75) is 6.54 Å². The molecule has 0 radical (unpaired) electrons. The number of halogens is 1. The Morgan fingerprint density at radius 3 is 2.66 bits per heavy atom. The molecule has 10 nitrogen and oxygen atoms in total. The van der Waals surface area contributed by atoms with Gasteiger partial charge in [0.2, 0.25) is 5.69 Å². The summed E-state index contributed by atoms with van der Waals surface area (Å²) in [5.41, 5.74) is 2.37. The van der Waals surface area contributed by atoms with Gasteiger partial charge >= 0.3 is 5.69 Å². The Kier molecular flexibility index (Phi) is 5.88. The van der Waals surface area contributed by atoms with Gasteiger partial charge in [-0.3, -0.25) is 19.6 Å². The molecule has 2 aromatic carbocycles. The lowest BCUT2D eigenvalue weighted by atomic mass is 10.2. The minimum absolute atomic E-state index is 0.129. The first-order valence-corrected chi connectivity index (χ1v) is 8.94. The van der Waals surface area contributed by atoms with Crippen molar-refractivity contribution in [3.63, 3.8) is 0 Å². The molecule has 0 fully saturated rings. The van der Waals surface area contributed by atoms with Crippen molar-refractivity contribution in [3.05, 3.63) is 80.1 Å². The Labute approximate surface area is 172 Å². The zero-order valence-electron chi connectivity index (χ0n) is 14.7. The van der Waals surface area contributed by atoms with Crippen molar-refractivity contribution in [3.8, 4) is 11.5 Å². The molecular formula is C18H14BrN5O5. The second-order valence-corrected chi connectivity index (χ2v) is 6.80. The van der Waals surface area contributed by atoms with Crippen LogP contribution < -0.4 is 5.43 Å². The summed E-state index contributed by atoms with van der Waals surface area (Å²) in [6.07, 6.45) is 2.31. The number of hydrazone groups is 1. The largest absolute Gasteiger partial charge is 0.508 e. The number of nitro groups is 1. The molecule has 0 saturated carbocycles. The summed E-state index contributed by atoms with van der Waals surface area (Å²) in [4.78, 5) is 22.9.